The zero-order chi connectivity index (χ0) is 14.3. The van der Waals surface area contributed by atoms with Crippen LogP contribution < -0.4 is 5.32 Å². The largest absolute Gasteiger partial charge is 0.385 e. The van der Waals surface area contributed by atoms with E-state index >= 15 is 0 Å². The van der Waals surface area contributed by atoms with Gasteiger partial charge in [0.2, 0.25) is 0 Å². The number of fused-ring (bicyclic) bond motifs is 3. The second-order valence-corrected chi connectivity index (χ2v) is 5.98. The fourth-order valence-electron chi connectivity index (χ4n) is 1.73. The van der Waals surface area contributed by atoms with Gasteiger partial charge in [-0.05, 0) is 6.07 Å². The third-order valence-corrected chi connectivity index (χ3v) is 4.50. The number of imidazole rings is 1. The van der Waals surface area contributed by atoms with Gasteiger partial charge in [-0.15, -0.1) is 22.7 Å². The minimum absolute atomic E-state index is 0.379. The molecule has 3 heterocycles. The van der Waals surface area contributed by atoms with Gasteiger partial charge in [0, 0.05) is 18.1 Å². The van der Waals surface area contributed by atoms with Crippen LogP contribution >= 0.6 is 22.7 Å². The summed E-state index contributed by atoms with van der Waals surface area (Å²) in [5.74, 6) is -0.489. The maximum absolute atomic E-state index is 12.1. The van der Waals surface area contributed by atoms with E-state index in [0.717, 1.165) is 15.3 Å². The topological polar surface area (TPSA) is 66.6 Å². The summed E-state index contributed by atoms with van der Waals surface area (Å²) in [7, 11) is 0. The number of nitrogens with one attached hydrogen (secondary N) is 1. The van der Waals surface area contributed by atoms with Gasteiger partial charge >= 0.3 is 0 Å². The molecule has 0 saturated heterocycles. The predicted octanol–water partition coefficient (Wildman–Crippen LogP) is 1.97. The average Bonchev–Trinajstić information content (AvgIpc) is 3.05. The molecule has 1 unspecified atom stereocenters. The Morgan fingerprint density at radius 2 is 2.35 bits per heavy atom. The van der Waals surface area contributed by atoms with Crippen LogP contribution in [0.4, 0.5) is 8.78 Å². The van der Waals surface area contributed by atoms with Crippen molar-refractivity contribution < 1.29 is 18.7 Å². The van der Waals surface area contributed by atoms with Crippen molar-refractivity contribution >= 4 is 43.9 Å². The quantitative estimate of drug-likeness (QED) is 0.773. The molecular formula is C11H9F2N3O2S2. The van der Waals surface area contributed by atoms with Crippen LogP contribution in [0.15, 0.2) is 17.6 Å². The molecule has 0 radical (unpaired) electrons. The molecular weight excluding hydrogens is 308 g/mol. The summed E-state index contributed by atoms with van der Waals surface area (Å²) in [6.45, 7) is -0.479. The maximum atomic E-state index is 12.1. The Morgan fingerprint density at radius 3 is 3.10 bits per heavy atom. The van der Waals surface area contributed by atoms with Crippen LogP contribution in [0.5, 0.6) is 0 Å². The predicted molar refractivity (Wildman–Crippen MR) is 72.8 cm³/mol. The Bertz CT molecular complexity index is 764. The van der Waals surface area contributed by atoms with Crippen molar-refractivity contribution in [1.82, 2.24) is 14.7 Å². The molecule has 0 fully saturated rings. The number of thiazole rings is 1. The molecule has 3 rings (SSSR count). The van der Waals surface area contributed by atoms with Crippen molar-refractivity contribution in [2.24, 2.45) is 0 Å². The molecule has 3 aromatic heterocycles. The molecule has 9 heteroatoms. The number of alkyl halides is 2. The van der Waals surface area contributed by atoms with Crippen LogP contribution in [-0.2, 0) is 0 Å². The van der Waals surface area contributed by atoms with Crippen LogP contribution in [0.25, 0.3) is 15.3 Å². The molecule has 1 amide bonds. The molecule has 2 N–H and O–H groups in total. The van der Waals surface area contributed by atoms with E-state index in [-0.39, 0.29) is 0 Å². The fraction of sp³-hybridized carbons (Fsp3) is 0.273. The highest BCUT2D eigenvalue weighted by Crippen LogP contribution is 2.28. The first-order chi connectivity index (χ1) is 9.56. The summed E-state index contributed by atoms with van der Waals surface area (Å²) >= 11 is 2.68. The third-order valence-electron chi connectivity index (χ3n) is 2.73. The fourth-order valence-corrected chi connectivity index (χ4v) is 3.45. The number of hydrogen-bond acceptors (Lipinski definition) is 5. The van der Waals surface area contributed by atoms with E-state index in [0.29, 0.717) is 4.88 Å². The lowest BCUT2D eigenvalue weighted by molar-refractivity contribution is -0.00268. The first-order valence-corrected chi connectivity index (χ1v) is 7.35. The second kappa shape index (κ2) is 5.08. The number of carbonyl (C=O) groups excluding carboxylic acids is 1. The smallest absolute Gasteiger partial charge is 0.265 e. The molecule has 0 aliphatic carbocycles. The number of nitrogens with zero attached hydrogens (tertiary/aromatic N) is 2. The molecule has 20 heavy (non-hydrogen) atoms. The van der Waals surface area contributed by atoms with Crippen LogP contribution in [0.1, 0.15) is 9.67 Å². The van der Waals surface area contributed by atoms with Gasteiger partial charge in [-0.3, -0.25) is 9.20 Å². The molecule has 3 aromatic rings. The van der Waals surface area contributed by atoms with E-state index in [4.69, 9.17) is 5.11 Å². The van der Waals surface area contributed by atoms with Gasteiger partial charge in [0.05, 0.1) is 10.4 Å². The Hall–Kier alpha value is -1.58. The van der Waals surface area contributed by atoms with Gasteiger partial charge in [-0.25, -0.2) is 13.8 Å². The second-order valence-electron chi connectivity index (χ2n) is 4.08. The third kappa shape index (κ3) is 2.28. The minimum atomic E-state index is -2.87. The number of thiophene rings is 1. The van der Waals surface area contributed by atoms with Crippen molar-refractivity contribution in [2.75, 3.05) is 6.54 Å². The first-order valence-electron chi connectivity index (χ1n) is 5.66. The lowest BCUT2D eigenvalue weighted by Gasteiger charge is -2.09. The summed E-state index contributed by atoms with van der Waals surface area (Å²) in [5.41, 5.74) is 0.811. The Morgan fingerprint density at radius 1 is 1.55 bits per heavy atom. The molecule has 0 saturated carbocycles. The molecule has 0 bridgehead atoms. The summed E-state index contributed by atoms with van der Waals surface area (Å²) < 4.78 is 26.1. The van der Waals surface area contributed by atoms with Crippen molar-refractivity contribution in [3.63, 3.8) is 0 Å². The van der Waals surface area contributed by atoms with E-state index in [1.807, 2.05) is 16.0 Å². The first kappa shape index (κ1) is 13.4. The van der Waals surface area contributed by atoms with E-state index in [1.54, 1.807) is 6.07 Å². The van der Waals surface area contributed by atoms with Crippen LogP contribution in [-0.4, -0.2) is 39.5 Å². The molecule has 0 aliphatic heterocycles. The number of halogens is 2. The number of aromatic nitrogens is 2. The summed E-state index contributed by atoms with van der Waals surface area (Å²) in [5, 5.41) is 13.1. The van der Waals surface area contributed by atoms with Crippen LogP contribution in [0.3, 0.4) is 0 Å². The number of amides is 1. The molecule has 1 atom stereocenters. The number of aliphatic hydroxyl groups excluding tert-OH is 1. The van der Waals surface area contributed by atoms with E-state index < -0.39 is 25.0 Å². The molecule has 106 valence electrons. The van der Waals surface area contributed by atoms with Crippen LogP contribution in [0, 0.1) is 0 Å². The molecule has 0 aliphatic rings. The van der Waals surface area contributed by atoms with Gasteiger partial charge in [0.25, 0.3) is 12.3 Å². The van der Waals surface area contributed by atoms with Crippen LogP contribution in [0.2, 0.25) is 0 Å². The highest BCUT2D eigenvalue weighted by atomic mass is 32.1. The number of rotatable bonds is 4. The molecule has 0 aromatic carbocycles. The SMILES string of the molecule is O=C(NCC(O)C(F)F)c1cc2c(nc3sccn32)s1. The lowest BCUT2D eigenvalue weighted by atomic mass is 10.3. The Kier molecular flexibility index (Phi) is 3.40. The van der Waals surface area contributed by atoms with Gasteiger partial charge < -0.3 is 10.4 Å². The van der Waals surface area contributed by atoms with Crippen molar-refractivity contribution in [1.29, 1.82) is 0 Å². The zero-order valence-corrected chi connectivity index (χ0v) is 11.5. The normalized spacial score (nSPS) is 13.4. The highest BCUT2D eigenvalue weighted by Gasteiger charge is 2.19. The van der Waals surface area contributed by atoms with Gasteiger partial charge in [-0.1, -0.05) is 0 Å². The summed E-state index contributed by atoms with van der Waals surface area (Å²) in [6, 6.07) is 1.66. The Balaban J connectivity index is 1.79. The Labute approximate surface area is 119 Å². The average molecular weight is 317 g/mol. The van der Waals surface area contributed by atoms with E-state index in [1.165, 1.54) is 22.7 Å². The zero-order valence-electron chi connectivity index (χ0n) is 9.92. The number of aliphatic hydroxyl groups is 1. The van der Waals surface area contributed by atoms with E-state index in [2.05, 4.69) is 10.3 Å². The van der Waals surface area contributed by atoms with Gasteiger partial charge in [0.15, 0.2) is 4.96 Å². The molecule has 0 spiro atoms. The standard InChI is InChI=1S/C11H9F2N3O2S2/c12-8(13)6(17)4-14-9(18)7-3-5-10(20-7)15-11-16(5)1-2-19-11/h1-3,6,8,17H,4H2,(H,14,18). The summed E-state index contributed by atoms with van der Waals surface area (Å²) in [6.07, 6.45) is -2.87. The monoisotopic (exact) mass is 317 g/mol. The summed E-state index contributed by atoms with van der Waals surface area (Å²) in [4.78, 5) is 18.1. The highest BCUT2D eigenvalue weighted by molar-refractivity contribution is 7.21. The van der Waals surface area contributed by atoms with Crippen molar-refractivity contribution in [3.8, 4) is 0 Å². The lowest BCUT2D eigenvalue weighted by Crippen LogP contribution is -2.35. The van der Waals surface area contributed by atoms with E-state index in [9.17, 15) is 13.6 Å². The number of hydrogen-bond donors (Lipinski definition) is 2. The van der Waals surface area contributed by atoms with Gasteiger partial charge in [-0.2, -0.15) is 0 Å². The van der Waals surface area contributed by atoms with Gasteiger partial charge in [0.1, 0.15) is 10.9 Å². The minimum Gasteiger partial charge on any atom is -0.385 e. The van der Waals surface area contributed by atoms with Crippen molar-refractivity contribution in [2.45, 2.75) is 12.5 Å². The van der Waals surface area contributed by atoms with Crippen molar-refractivity contribution in [3.05, 3.63) is 22.5 Å². The number of carbonyl (C=O) groups is 1. The maximum Gasteiger partial charge on any atom is 0.265 e. The molecule has 5 nitrogen and oxygen atoms in total.